The number of likely N-dealkylation sites (N-methyl/N-ethyl adjacent to an activating group) is 1. The summed E-state index contributed by atoms with van der Waals surface area (Å²) < 4.78 is 0. The molecule has 20 heavy (non-hydrogen) atoms. The molecule has 0 radical (unpaired) electrons. The van der Waals surface area contributed by atoms with Crippen molar-refractivity contribution >= 4 is 17.8 Å². The first-order chi connectivity index (χ1) is 9.49. The minimum Gasteiger partial charge on any atom is -0.481 e. The van der Waals surface area contributed by atoms with Gasteiger partial charge in [-0.15, -0.1) is 0 Å². The third-order valence-corrected chi connectivity index (χ3v) is 4.34. The SMILES string of the molecule is CN(CC(=O)N1CCCC1)C(=O)C1CCC(C(=O)O)C1. The van der Waals surface area contributed by atoms with Crippen LogP contribution in [0, 0.1) is 11.8 Å². The summed E-state index contributed by atoms with van der Waals surface area (Å²) in [6, 6.07) is 0. The van der Waals surface area contributed by atoms with E-state index in [4.69, 9.17) is 5.11 Å². The Morgan fingerprint density at radius 3 is 2.30 bits per heavy atom. The van der Waals surface area contributed by atoms with Crippen molar-refractivity contribution in [1.29, 1.82) is 0 Å². The van der Waals surface area contributed by atoms with Crippen LogP contribution in [0.2, 0.25) is 0 Å². The lowest BCUT2D eigenvalue weighted by Gasteiger charge is -2.23. The van der Waals surface area contributed by atoms with Crippen LogP contribution >= 0.6 is 0 Å². The molecule has 0 aromatic heterocycles. The van der Waals surface area contributed by atoms with Crippen LogP contribution in [-0.2, 0) is 14.4 Å². The third kappa shape index (κ3) is 3.29. The van der Waals surface area contributed by atoms with Gasteiger partial charge in [0, 0.05) is 26.1 Å². The molecular formula is C14H22N2O4. The number of hydrogen-bond acceptors (Lipinski definition) is 3. The maximum atomic E-state index is 12.2. The molecule has 1 aliphatic heterocycles. The number of carboxylic acids is 1. The molecule has 112 valence electrons. The topological polar surface area (TPSA) is 77.9 Å². The van der Waals surface area contributed by atoms with Gasteiger partial charge >= 0.3 is 5.97 Å². The van der Waals surface area contributed by atoms with Gasteiger partial charge < -0.3 is 14.9 Å². The van der Waals surface area contributed by atoms with E-state index in [-0.39, 0.29) is 24.3 Å². The van der Waals surface area contributed by atoms with Crippen LogP contribution in [0.4, 0.5) is 0 Å². The highest BCUT2D eigenvalue weighted by atomic mass is 16.4. The van der Waals surface area contributed by atoms with Crippen LogP contribution in [-0.4, -0.2) is 59.4 Å². The Bertz CT molecular complexity index is 404. The van der Waals surface area contributed by atoms with Crippen molar-refractivity contribution in [2.45, 2.75) is 32.1 Å². The molecule has 0 bridgehead atoms. The number of hydrogen-bond donors (Lipinski definition) is 1. The maximum absolute atomic E-state index is 12.2. The van der Waals surface area contributed by atoms with E-state index in [2.05, 4.69) is 0 Å². The fourth-order valence-electron chi connectivity index (χ4n) is 3.09. The number of likely N-dealkylation sites (tertiary alicyclic amines) is 1. The second kappa shape index (κ2) is 6.24. The van der Waals surface area contributed by atoms with Crippen molar-refractivity contribution in [2.75, 3.05) is 26.7 Å². The highest BCUT2D eigenvalue weighted by Crippen LogP contribution is 2.32. The summed E-state index contributed by atoms with van der Waals surface area (Å²) in [5, 5.41) is 8.95. The van der Waals surface area contributed by atoms with Gasteiger partial charge in [0.15, 0.2) is 0 Å². The van der Waals surface area contributed by atoms with Crippen LogP contribution < -0.4 is 0 Å². The number of carbonyl (C=O) groups is 3. The van der Waals surface area contributed by atoms with Gasteiger partial charge in [-0.2, -0.15) is 0 Å². The Balaban J connectivity index is 1.83. The zero-order valence-corrected chi connectivity index (χ0v) is 11.9. The summed E-state index contributed by atoms with van der Waals surface area (Å²) in [5.74, 6) is -1.58. The first-order valence-electron chi connectivity index (χ1n) is 7.24. The lowest BCUT2D eigenvalue weighted by atomic mass is 10.0. The average molecular weight is 282 g/mol. The predicted octanol–water partition coefficient (Wildman–Crippen LogP) is 0.568. The van der Waals surface area contributed by atoms with E-state index in [9.17, 15) is 14.4 Å². The maximum Gasteiger partial charge on any atom is 0.306 e. The van der Waals surface area contributed by atoms with Crippen molar-refractivity contribution < 1.29 is 19.5 Å². The normalized spacial score (nSPS) is 25.8. The monoisotopic (exact) mass is 282 g/mol. The van der Waals surface area contributed by atoms with Gasteiger partial charge in [0.1, 0.15) is 0 Å². The number of aliphatic carboxylic acids is 1. The molecule has 1 saturated carbocycles. The summed E-state index contributed by atoms with van der Waals surface area (Å²) in [4.78, 5) is 38.4. The Kier molecular flexibility index (Phi) is 4.62. The quantitative estimate of drug-likeness (QED) is 0.817. The van der Waals surface area contributed by atoms with Crippen molar-refractivity contribution in [2.24, 2.45) is 11.8 Å². The molecule has 1 aliphatic carbocycles. The molecule has 1 N–H and O–H groups in total. The van der Waals surface area contributed by atoms with Crippen LogP contribution in [0.3, 0.4) is 0 Å². The Morgan fingerprint density at radius 1 is 1.15 bits per heavy atom. The second-order valence-corrected chi connectivity index (χ2v) is 5.83. The molecule has 0 spiro atoms. The molecule has 2 atom stereocenters. The lowest BCUT2D eigenvalue weighted by molar-refractivity contribution is -0.143. The van der Waals surface area contributed by atoms with E-state index >= 15 is 0 Å². The molecule has 0 aromatic carbocycles. The van der Waals surface area contributed by atoms with Crippen LogP contribution in [0.25, 0.3) is 0 Å². The van der Waals surface area contributed by atoms with Crippen molar-refractivity contribution in [3.63, 3.8) is 0 Å². The minimum atomic E-state index is -0.823. The van der Waals surface area contributed by atoms with Gasteiger partial charge in [-0.05, 0) is 32.1 Å². The van der Waals surface area contributed by atoms with Crippen molar-refractivity contribution in [3.8, 4) is 0 Å². The Labute approximate surface area is 118 Å². The lowest BCUT2D eigenvalue weighted by Crippen LogP contribution is -2.41. The number of amides is 2. The van der Waals surface area contributed by atoms with E-state index in [0.717, 1.165) is 25.9 Å². The molecule has 6 nitrogen and oxygen atoms in total. The van der Waals surface area contributed by atoms with E-state index in [0.29, 0.717) is 19.3 Å². The molecule has 2 rings (SSSR count). The molecule has 1 saturated heterocycles. The zero-order valence-electron chi connectivity index (χ0n) is 11.9. The molecule has 2 unspecified atom stereocenters. The molecule has 0 aromatic rings. The summed E-state index contributed by atoms with van der Waals surface area (Å²) in [7, 11) is 1.63. The van der Waals surface area contributed by atoms with Crippen LogP contribution in [0.15, 0.2) is 0 Å². The van der Waals surface area contributed by atoms with Crippen molar-refractivity contribution in [3.05, 3.63) is 0 Å². The third-order valence-electron chi connectivity index (χ3n) is 4.34. The van der Waals surface area contributed by atoms with Gasteiger partial charge in [0.25, 0.3) is 0 Å². The first-order valence-corrected chi connectivity index (χ1v) is 7.24. The van der Waals surface area contributed by atoms with Crippen LogP contribution in [0.5, 0.6) is 0 Å². The standard InChI is InChI=1S/C14H22N2O4/c1-15(9-12(17)16-6-2-3-7-16)13(18)10-4-5-11(8-10)14(19)20/h10-11H,2-9H2,1H3,(H,19,20). The second-order valence-electron chi connectivity index (χ2n) is 5.83. The largest absolute Gasteiger partial charge is 0.481 e. The van der Waals surface area contributed by atoms with Gasteiger partial charge in [-0.1, -0.05) is 0 Å². The highest BCUT2D eigenvalue weighted by Gasteiger charge is 2.35. The summed E-state index contributed by atoms with van der Waals surface area (Å²) in [6.45, 7) is 1.67. The first kappa shape index (κ1) is 14.8. The fourth-order valence-corrected chi connectivity index (χ4v) is 3.09. The van der Waals surface area contributed by atoms with Crippen LogP contribution in [0.1, 0.15) is 32.1 Å². The smallest absolute Gasteiger partial charge is 0.306 e. The number of carbonyl (C=O) groups excluding carboxylic acids is 2. The summed E-state index contributed by atoms with van der Waals surface area (Å²) >= 11 is 0. The van der Waals surface area contributed by atoms with E-state index < -0.39 is 11.9 Å². The summed E-state index contributed by atoms with van der Waals surface area (Å²) in [5.41, 5.74) is 0. The molecular weight excluding hydrogens is 260 g/mol. The van der Waals surface area contributed by atoms with Gasteiger partial charge in [0.05, 0.1) is 12.5 Å². The average Bonchev–Trinajstić information content (AvgIpc) is 3.08. The fraction of sp³-hybridized carbons (Fsp3) is 0.786. The number of nitrogens with zero attached hydrogens (tertiary/aromatic N) is 2. The van der Waals surface area contributed by atoms with Crippen molar-refractivity contribution in [1.82, 2.24) is 9.80 Å². The predicted molar refractivity (Wildman–Crippen MR) is 71.9 cm³/mol. The number of rotatable bonds is 4. The molecule has 2 amide bonds. The van der Waals surface area contributed by atoms with E-state index in [1.165, 1.54) is 4.90 Å². The molecule has 2 fully saturated rings. The molecule has 6 heteroatoms. The number of carboxylic acid groups (broad SMARTS) is 1. The van der Waals surface area contributed by atoms with Gasteiger partial charge in [0.2, 0.25) is 11.8 Å². The summed E-state index contributed by atoms with van der Waals surface area (Å²) in [6.07, 6.45) is 3.63. The Hall–Kier alpha value is -1.59. The highest BCUT2D eigenvalue weighted by molar-refractivity contribution is 5.86. The molecule has 2 aliphatic rings. The molecule has 1 heterocycles. The Morgan fingerprint density at radius 2 is 1.75 bits per heavy atom. The van der Waals surface area contributed by atoms with E-state index in [1.54, 1.807) is 11.9 Å². The minimum absolute atomic E-state index is 0.00821. The van der Waals surface area contributed by atoms with E-state index in [1.807, 2.05) is 0 Å². The van der Waals surface area contributed by atoms with Gasteiger partial charge in [-0.25, -0.2) is 0 Å². The zero-order chi connectivity index (χ0) is 14.7. The van der Waals surface area contributed by atoms with Gasteiger partial charge in [-0.3, -0.25) is 14.4 Å².